The van der Waals surface area contributed by atoms with Crippen LogP contribution in [0.25, 0.3) is 0 Å². The first-order valence-corrected chi connectivity index (χ1v) is 7.65. The number of carbonyl (C=O) groups excluding carboxylic acids is 1. The number of hydrogen-bond donors (Lipinski definition) is 1. The molecule has 2 aromatic rings. The van der Waals surface area contributed by atoms with Gasteiger partial charge in [-0.3, -0.25) is 4.79 Å². The Morgan fingerprint density at radius 3 is 2.52 bits per heavy atom. The van der Waals surface area contributed by atoms with Crippen molar-refractivity contribution in [2.24, 2.45) is 0 Å². The first-order valence-electron chi connectivity index (χ1n) is 6.86. The van der Waals surface area contributed by atoms with Crippen LogP contribution in [0.3, 0.4) is 0 Å². The summed E-state index contributed by atoms with van der Waals surface area (Å²) in [6.45, 7) is 4.84. The number of ether oxygens (including phenoxy) is 1. The van der Waals surface area contributed by atoms with Crippen molar-refractivity contribution in [2.45, 2.75) is 20.4 Å². The first kappa shape index (κ1) is 15.6. The van der Waals surface area contributed by atoms with Gasteiger partial charge in [-0.05, 0) is 56.3 Å². The highest BCUT2D eigenvalue weighted by Gasteiger charge is 2.05. The maximum atomic E-state index is 11.2. The summed E-state index contributed by atoms with van der Waals surface area (Å²) in [7, 11) is 0. The van der Waals surface area contributed by atoms with Crippen molar-refractivity contribution in [3.05, 3.63) is 58.1 Å². The molecule has 0 spiro atoms. The molecule has 0 aliphatic rings. The summed E-state index contributed by atoms with van der Waals surface area (Å²) in [5.41, 5.74) is 2.78. The normalized spacial score (nSPS) is 10.2. The number of benzene rings is 2. The molecular formula is C17H18BrNO2. The summed E-state index contributed by atoms with van der Waals surface area (Å²) >= 11 is 3.48. The number of ketones is 1. The molecular weight excluding hydrogens is 330 g/mol. The fourth-order valence-corrected chi connectivity index (χ4v) is 2.41. The first-order chi connectivity index (χ1) is 10.1. The minimum Gasteiger partial charge on any atom is -0.494 e. The highest BCUT2D eigenvalue weighted by molar-refractivity contribution is 9.10. The molecule has 21 heavy (non-hydrogen) atoms. The van der Waals surface area contributed by atoms with Crippen LogP contribution < -0.4 is 10.1 Å². The van der Waals surface area contributed by atoms with E-state index in [1.54, 1.807) is 6.92 Å². The molecule has 4 heteroatoms. The molecule has 110 valence electrons. The molecule has 0 radical (unpaired) electrons. The molecule has 0 unspecified atom stereocenters. The lowest BCUT2D eigenvalue weighted by molar-refractivity contribution is 0.101. The van der Waals surface area contributed by atoms with Crippen molar-refractivity contribution < 1.29 is 9.53 Å². The number of anilines is 1. The Balaban J connectivity index is 2.08. The van der Waals surface area contributed by atoms with Gasteiger partial charge in [0, 0.05) is 27.8 Å². The molecule has 0 saturated carbocycles. The third kappa shape index (κ3) is 4.33. The maximum absolute atomic E-state index is 11.2. The monoisotopic (exact) mass is 347 g/mol. The second kappa shape index (κ2) is 7.27. The molecule has 0 saturated heterocycles. The Hall–Kier alpha value is -1.81. The minimum absolute atomic E-state index is 0.0761. The standard InChI is InChI=1S/C17H18BrNO2/c1-3-21-17-9-6-15(18)10-14(17)11-19-16-7-4-13(5-8-16)12(2)20/h4-10,19H,3,11H2,1-2H3. The van der Waals surface area contributed by atoms with Crippen molar-refractivity contribution in [3.8, 4) is 5.75 Å². The van der Waals surface area contributed by atoms with E-state index in [9.17, 15) is 4.79 Å². The van der Waals surface area contributed by atoms with E-state index in [-0.39, 0.29) is 5.78 Å². The van der Waals surface area contributed by atoms with Gasteiger partial charge in [0.25, 0.3) is 0 Å². The minimum atomic E-state index is 0.0761. The molecule has 0 atom stereocenters. The molecule has 3 nitrogen and oxygen atoms in total. The molecule has 1 N–H and O–H groups in total. The highest BCUT2D eigenvalue weighted by atomic mass is 79.9. The number of hydrogen-bond acceptors (Lipinski definition) is 3. The second-order valence-electron chi connectivity index (χ2n) is 4.67. The van der Waals surface area contributed by atoms with Crippen molar-refractivity contribution in [2.75, 3.05) is 11.9 Å². The van der Waals surface area contributed by atoms with Gasteiger partial charge in [0.05, 0.1) is 6.61 Å². The number of Topliss-reactive ketones (excluding diaryl/α,β-unsaturated/α-hetero) is 1. The zero-order valence-corrected chi connectivity index (χ0v) is 13.7. The van der Waals surface area contributed by atoms with E-state index in [4.69, 9.17) is 4.74 Å². The molecule has 0 aliphatic carbocycles. The van der Waals surface area contributed by atoms with Gasteiger partial charge >= 0.3 is 0 Å². The summed E-state index contributed by atoms with van der Waals surface area (Å²) in [5, 5.41) is 3.34. The zero-order valence-electron chi connectivity index (χ0n) is 12.2. The molecule has 0 aromatic heterocycles. The van der Waals surface area contributed by atoms with Crippen LogP contribution in [-0.2, 0) is 6.54 Å². The van der Waals surface area contributed by atoms with E-state index in [0.717, 1.165) is 27.0 Å². The molecule has 0 bridgehead atoms. The number of nitrogens with one attached hydrogen (secondary N) is 1. The van der Waals surface area contributed by atoms with Crippen LogP contribution in [0.15, 0.2) is 46.9 Å². The Morgan fingerprint density at radius 2 is 1.90 bits per heavy atom. The van der Waals surface area contributed by atoms with E-state index < -0.39 is 0 Å². The van der Waals surface area contributed by atoms with Gasteiger partial charge in [0.2, 0.25) is 0 Å². The van der Waals surface area contributed by atoms with E-state index in [1.165, 1.54) is 0 Å². The zero-order chi connectivity index (χ0) is 15.2. The summed E-state index contributed by atoms with van der Waals surface area (Å²) in [4.78, 5) is 11.2. The Kier molecular flexibility index (Phi) is 5.39. The number of rotatable bonds is 6. The summed E-state index contributed by atoms with van der Waals surface area (Å²) in [5.74, 6) is 0.959. The fourth-order valence-electron chi connectivity index (χ4n) is 2.00. The Bertz CT molecular complexity index is 623. The average Bonchev–Trinajstić information content (AvgIpc) is 2.48. The predicted octanol–water partition coefficient (Wildman–Crippen LogP) is 4.66. The van der Waals surface area contributed by atoms with Crippen LogP contribution in [0.4, 0.5) is 5.69 Å². The Labute approximate surface area is 133 Å². The quantitative estimate of drug-likeness (QED) is 0.772. The lowest BCUT2D eigenvalue weighted by Gasteiger charge is -2.12. The maximum Gasteiger partial charge on any atom is 0.159 e. The van der Waals surface area contributed by atoms with Crippen LogP contribution in [-0.4, -0.2) is 12.4 Å². The highest BCUT2D eigenvalue weighted by Crippen LogP contribution is 2.24. The largest absolute Gasteiger partial charge is 0.494 e. The molecule has 0 heterocycles. The molecule has 0 aliphatic heterocycles. The number of carbonyl (C=O) groups is 1. The van der Waals surface area contributed by atoms with E-state index in [0.29, 0.717) is 13.2 Å². The van der Waals surface area contributed by atoms with Crippen LogP contribution in [0, 0.1) is 0 Å². The van der Waals surface area contributed by atoms with Crippen LogP contribution in [0.5, 0.6) is 5.75 Å². The summed E-state index contributed by atoms with van der Waals surface area (Å²) < 4.78 is 6.65. The van der Waals surface area contributed by atoms with Crippen LogP contribution in [0.2, 0.25) is 0 Å². The smallest absolute Gasteiger partial charge is 0.159 e. The molecule has 2 rings (SSSR count). The van der Waals surface area contributed by atoms with Crippen molar-refractivity contribution in [3.63, 3.8) is 0 Å². The lowest BCUT2D eigenvalue weighted by atomic mass is 10.1. The molecule has 0 amide bonds. The van der Waals surface area contributed by atoms with E-state index in [1.807, 2.05) is 49.4 Å². The van der Waals surface area contributed by atoms with Crippen molar-refractivity contribution in [1.82, 2.24) is 0 Å². The third-order valence-corrected chi connectivity index (χ3v) is 3.59. The number of halogens is 1. The topological polar surface area (TPSA) is 38.3 Å². The lowest BCUT2D eigenvalue weighted by Crippen LogP contribution is -2.03. The second-order valence-corrected chi connectivity index (χ2v) is 5.59. The molecule has 0 fully saturated rings. The average molecular weight is 348 g/mol. The van der Waals surface area contributed by atoms with Crippen LogP contribution in [0.1, 0.15) is 29.8 Å². The summed E-state index contributed by atoms with van der Waals surface area (Å²) in [6.07, 6.45) is 0. The predicted molar refractivity (Wildman–Crippen MR) is 89.1 cm³/mol. The van der Waals surface area contributed by atoms with Crippen molar-refractivity contribution >= 4 is 27.4 Å². The van der Waals surface area contributed by atoms with Gasteiger partial charge in [-0.2, -0.15) is 0 Å². The molecule has 2 aromatic carbocycles. The fraction of sp³-hybridized carbons (Fsp3) is 0.235. The van der Waals surface area contributed by atoms with Crippen molar-refractivity contribution in [1.29, 1.82) is 0 Å². The van der Waals surface area contributed by atoms with E-state index >= 15 is 0 Å². The SMILES string of the molecule is CCOc1ccc(Br)cc1CNc1ccc(C(C)=O)cc1. The van der Waals surface area contributed by atoms with Gasteiger partial charge in [-0.15, -0.1) is 0 Å². The van der Waals surface area contributed by atoms with Gasteiger partial charge < -0.3 is 10.1 Å². The van der Waals surface area contributed by atoms with Gasteiger partial charge in [0.15, 0.2) is 5.78 Å². The Morgan fingerprint density at radius 1 is 1.19 bits per heavy atom. The summed E-state index contributed by atoms with van der Waals surface area (Å²) in [6, 6.07) is 13.5. The van der Waals surface area contributed by atoms with Gasteiger partial charge in [0.1, 0.15) is 5.75 Å². The van der Waals surface area contributed by atoms with Gasteiger partial charge in [-0.1, -0.05) is 15.9 Å². The van der Waals surface area contributed by atoms with E-state index in [2.05, 4.69) is 21.2 Å². The third-order valence-electron chi connectivity index (χ3n) is 3.10. The van der Waals surface area contributed by atoms with Gasteiger partial charge in [-0.25, -0.2) is 0 Å². The van der Waals surface area contributed by atoms with Crippen LogP contribution >= 0.6 is 15.9 Å².